The summed E-state index contributed by atoms with van der Waals surface area (Å²) in [5.74, 6) is -5.05. The van der Waals surface area contributed by atoms with Crippen molar-refractivity contribution in [3.8, 4) is 0 Å². The molecule has 0 bridgehead atoms. The van der Waals surface area contributed by atoms with Gasteiger partial charge in [-0.15, -0.1) is 90.7 Å². The number of nitrogens with one attached hydrogen (secondary N) is 10. The molecule has 14 aromatic heterocycles. The fourth-order valence-corrected chi connectivity index (χ4v) is 19.6. The van der Waals surface area contributed by atoms with Crippen LogP contribution in [0, 0.1) is 0 Å². The van der Waals surface area contributed by atoms with Crippen LogP contribution in [-0.2, 0) is 14.2 Å². The number of amides is 18. The molecule has 2 aliphatic carbocycles. The van der Waals surface area contributed by atoms with Gasteiger partial charge in [0.05, 0.1) is 73.0 Å². The van der Waals surface area contributed by atoms with Crippen molar-refractivity contribution in [2.75, 3.05) is 81.1 Å². The number of urea groups is 3. The van der Waals surface area contributed by atoms with Crippen molar-refractivity contribution < 1.29 is 86.1 Å². The molecule has 2 saturated carbocycles. The lowest BCUT2D eigenvalue weighted by molar-refractivity contribution is 0.0524. The average Bonchev–Trinajstić information content (AvgIpc) is 1.69. The number of carbonyl (C=O) groups is 15. The van der Waals surface area contributed by atoms with Gasteiger partial charge in [0.2, 0.25) is 0 Å². The number of aromatic nitrogens is 9. The summed E-state index contributed by atoms with van der Waals surface area (Å²) in [6.07, 6.45) is 21.1. The highest BCUT2D eigenvalue weighted by atomic mass is 32.1. The third-order valence-electron chi connectivity index (χ3n) is 20.0. The lowest BCUT2D eigenvalue weighted by atomic mass is 9.98. The topological polar surface area (TPSA) is 513 Å². The number of ether oxygens (including phenoxy) is 3. The van der Waals surface area contributed by atoms with Gasteiger partial charge < -0.3 is 64.3 Å². The Morgan fingerprint density at radius 1 is 0.368 bits per heavy atom. The van der Waals surface area contributed by atoms with Crippen molar-refractivity contribution in [3.63, 3.8) is 0 Å². The lowest BCUT2D eigenvalue weighted by Crippen LogP contribution is -2.48. The summed E-state index contributed by atoms with van der Waals surface area (Å²) in [6.45, 7) is 1.76. The summed E-state index contributed by atoms with van der Waals surface area (Å²) in [4.78, 5) is 217. The number of benzene rings is 1. The number of thiophene rings is 5. The van der Waals surface area contributed by atoms with Crippen molar-refractivity contribution in [2.45, 2.75) is 76.4 Å². The monoisotopic (exact) mass is 1990 g/mol. The summed E-state index contributed by atoms with van der Waals surface area (Å²) in [5.41, 5.74) is 4.85. The molecule has 1 saturated heterocycles. The van der Waals surface area contributed by atoms with Gasteiger partial charge in [-0.3, -0.25) is 84.5 Å². The fourth-order valence-electron chi connectivity index (χ4n) is 13.2. The molecule has 40 nitrogen and oxygen atoms in total. The summed E-state index contributed by atoms with van der Waals surface area (Å²) < 4.78 is 21.9. The molecular formula is C88H82N22O18S8. The van der Waals surface area contributed by atoms with Crippen molar-refractivity contribution in [1.82, 2.24) is 85.0 Å². The summed E-state index contributed by atoms with van der Waals surface area (Å²) in [7, 11) is 6.12. The molecule has 15 heterocycles. The summed E-state index contributed by atoms with van der Waals surface area (Å²) in [6, 6.07) is 28.2. The largest absolute Gasteiger partial charge is 0.446 e. The molecule has 700 valence electrons. The lowest BCUT2D eigenvalue weighted by Gasteiger charge is -2.26. The van der Waals surface area contributed by atoms with E-state index < -0.39 is 89.4 Å². The minimum absolute atomic E-state index is 0.145. The van der Waals surface area contributed by atoms with Gasteiger partial charge in [-0.1, -0.05) is 37.1 Å². The predicted molar refractivity (Wildman–Crippen MR) is 516 cm³/mol. The molecule has 1 aliphatic heterocycles. The van der Waals surface area contributed by atoms with Crippen LogP contribution < -0.4 is 53.2 Å². The number of morpholine rings is 1. The minimum Gasteiger partial charge on any atom is -0.446 e. The first kappa shape index (κ1) is 97.1. The molecule has 0 radical (unpaired) electrons. The highest BCUT2D eigenvalue weighted by Gasteiger charge is 2.30. The van der Waals surface area contributed by atoms with Gasteiger partial charge in [0.15, 0.2) is 15.0 Å². The second-order valence-electron chi connectivity index (χ2n) is 29.9. The number of hydrogen-bond acceptors (Lipinski definition) is 33. The van der Waals surface area contributed by atoms with E-state index in [9.17, 15) is 71.9 Å². The Balaban J connectivity index is 0.000000136. The van der Waals surface area contributed by atoms with Gasteiger partial charge in [0.25, 0.3) is 59.1 Å². The number of imidazole rings is 2. The smallest absolute Gasteiger partial charge is 0.414 e. The first-order chi connectivity index (χ1) is 65.7. The molecule has 0 unspecified atom stereocenters. The average molecular weight is 1990 g/mol. The van der Waals surface area contributed by atoms with E-state index in [1.165, 1.54) is 134 Å². The van der Waals surface area contributed by atoms with Crippen LogP contribution in [-0.4, -0.2) is 214 Å². The highest BCUT2D eigenvalue weighted by Crippen LogP contribution is 2.33. The number of fused-ring (bicyclic) bond motifs is 5. The van der Waals surface area contributed by atoms with Crippen LogP contribution in [0.2, 0.25) is 0 Å². The molecule has 3 fully saturated rings. The number of alkyl carbamates (subject to hydrolysis) is 2. The standard InChI is InChI=1S/C20H20N4O4S.C19H18N4O4S2.C18H16N4O4S2.C16H15N5O3S.C15H13N5O3S2/c25-17(23-20(27)28-13-6-2-1-3-7-13)14-9-11-29-19(14)22-18(26)15-12-24-10-5-4-8-16(24)21-15;24-15(23-19(26)27-11-4-2-1-3-5-11)12-7-9-28-17(12)22-16(25)18-21-13-10-20-8-6-14(13)29-18;23-14(21-18(25)22-6-8-26-9-7-22)11-5-10-27-16(11)20-15(24)17-19-12-3-1-2-4-13(12)28-17;1-20(2)16(24)19-13(22)10-6-8-25-15(10)18-14(23)11-9-21-7-4-3-5-12(21)17-11;1-20(2)15(23)19-11(21)8-4-6-24-13(8)18-12(22)14-17-9-7-16-5-3-10(9)25-14/h4-5,8-13H,1-3,6-7H2,(H,22,26)(H,23,25,27);6-11H,1-5H2,(H,22,25)(H,23,24,26);1-5,10H,6-9H2,(H,20,24)(H,21,23,25);3-9H,1-2H3,(H,18,23)(H,19,22,24);3-7H,1-2H3,(H,18,22)(H,19,21,23). The third kappa shape index (κ3) is 25.7. The first-order valence-electron chi connectivity index (χ1n) is 41.6. The van der Waals surface area contributed by atoms with Crippen LogP contribution in [0.4, 0.5) is 49.0 Å². The zero-order valence-electron chi connectivity index (χ0n) is 72.4. The van der Waals surface area contributed by atoms with E-state index in [0.29, 0.717) is 78.6 Å². The minimum atomic E-state index is -0.760. The fraction of sp³-hybridized carbons (Fsp3) is 0.227. The number of imide groups is 5. The second kappa shape index (κ2) is 46.2. The number of carbonyl (C=O) groups excluding carboxylic acids is 15. The number of anilines is 5. The Labute approximate surface area is 803 Å². The molecule has 48 heteroatoms. The number of hydrogen-bond donors (Lipinski definition) is 10. The SMILES string of the molecule is CN(C)C(=O)NC(=O)c1ccsc1NC(=O)c1cn2ccccc2n1.CN(C)C(=O)NC(=O)c1ccsc1NC(=O)c1nc2cnccc2s1.O=C(NC(=O)c1ccsc1NC(=O)c1cn2ccccc2n1)OC1CCCCC1.O=C(NC(=O)c1ccsc1NC(=O)c1nc2cnccc2s1)OC1CCCCC1.O=C(Nc1sccc1C(=O)NC(=O)N1CCOCC1)c1nc2ccccc2s1. The van der Waals surface area contributed by atoms with E-state index in [2.05, 4.69) is 88.1 Å². The van der Waals surface area contributed by atoms with Crippen LogP contribution in [0.5, 0.6) is 0 Å². The number of thiazole rings is 3. The summed E-state index contributed by atoms with van der Waals surface area (Å²) in [5, 5.41) is 35.7. The maximum absolute atomic E-state index is 12.5. The molecule has 18 rings (SSSR count). The van der Waals surface area contributed by atoms with Crippen LogP contribution in [0.1, 0.15) is 166 Å². The molecule has 10 N–H and O–H groups in total. The molecule has 15 aromatic rings. The third-order valence-corrected chi connectivity index (χ3v) is 27.2. The van der Waals surface area contributed by atoms with Gasteiger partial charge in [-0.2, -0.15) is 0 Å². The Morgan fingerprint density at radius 2 is 0.706 bits per heavy atom. The van der Waals surface area contributed by atoms with Gasteiger partial charge in [-0.25, -0.2) is 48.9 Å². The molecule has 136 heavy (non-hydrogen) atoms. The van der Waals surface area contributed by atoms with Crippen molar-refractivity contribution >= 4 is 247 Å². The Morgan fingerprint density at radius 3 is 1.07 bits per heavy atom. The maximum Gasteiger partial charge on any atom is 0.414 e. The van der Waals surface area contributed by atoms with Crippen molar-refractivity contribution in [2.24, 2.45) is 0 Å². The Bertz CT molecular complexity index is 6470. The molecular weight excluding hydrogens is 1910 g/mol. The number of para-hydroxylation sites is 1. The molecule has 1 aromatic carbocycles. The second-order valence-corrected chi connectivity index (χ2v) is 37.6. The number of nitrogens with zero attached hydrogens (tertiary/aromatic N) is 12. The Hall–Kier alpha value is -14.9. The highest BCUT2D eigenvalue weighted by molar-refractivity contribution is 7.22. The quantitative estimate of drug-likeness (QED) is 0.0405. The van der Waals surface area contributed by atoms with Crippen LogP contribution >= 0.6 is 90.7 Å². The summed E-state index contributed by atoms with van der Waals surface area (Å²) >= 11 is 9.73. The van der Waals surface area contributed by atoms with Crippen LogP contribution in [0.3, 0.4) is 0 Å². The van der Waals surface area contributed by atoms with E-state index in [1.54, 1.807) is 140 Å². The van der Waals surface area contributed by atoms with E-state index in [1.807, 2.05) is 48.5 Å². The van der Waals surface area contributed by atoms with Crippen LogP contribution in [0.25, 0.3) is 41.9 Å². The van der Waals surface area contributed by atoms with E-state index in [-0.39, 0.29) is 61.4 Å². The number of rotatable bonds is 17. The maximum atomic E-state index is 12.5. The zero-order chi connectivity index (χ0) is 95.9. The van der Waals surface area contributed by atoms with Gasteiger partial charge in [-0.05, 0) is 157 Å². The van der Waals surface area contributed by atoms with Crippen LogP contribution in [0.15, 0.2) is 180 Å². The van der Waals surface area contributed by atoms with Crippen molar-refractivity contribution in [3.05, 3.63) is 234 Å². The predicted octanol–water partition coefficient (Wildman–Crippen LogP) is 15.3. The zero-order valence-corrected chi connectivity index (χ0v) is 78.9. The molecule has 18 amide bonds. The number of pyridine rings is 4. The molecule has 3 aliphatic rings. The first-order valence-corrected chi connectivity index (χ1v) is 48.4. The van der Waals surface area contributed by atoms with E-state index in [0.717, 1.165) is 83.8 Å². The van der Waals surface area contributed by atoms with Crippen molar-refractivity contribution in [1.29, 1.82) is 0 Å². The Kier molecular flexibility index (Phi) is 33.0. The van der Waals surface area contributed by atoms with Gasteiger partial charge >= 0.3 is 30.3 Å². The van der Waals surface area contributed by atoms with E-state index in [4.69, 9.17) is 14.2 Å². The van der Waals surface area contributed by atoms with Gasteiger partial charge in [0, 0.05) is 78.5 Å². The van der Waals surface area contributed by atoms with Gasteiger partial charge in [0.1, 0.15) is 70.9 Å². The molecule has 0 atom stereocenters. The normalized spacial score (nSPS) is 12.9. The van der Waals surface area contributed by atoms with E-state index >= 15 is 0 Å². The molecule has 0 spiro atoms.